The summed E-state index contributed by atoms with van der Waals surface area (Å²) in [6, 6.07) is 25.0. The number of rotatable bonds is 9. The molecule has 3 aromatic carbocycles. The van der Waals surface area contributed by atoms with Gasteiger partial charge >= 0.3 is 5.69 Å². The van der Waals surface area contributed by atoms with Crippen LogP contribution >= 0.6 is 22.6 Å². The van der Waals surface area contributed by atoms with Crippen LogP contribution in [0.1, 0.15) is 22.9 Å². The summed E-state index contributed by atoms with van der Waals surface area (Å²) in [6.07, 6.45) is -1.48. The zero-order valence-electron chi connectivity index (χ0n) is 22.9. The number of aromatic nitrogens is 2. The van der Waals surface area contributed by atoms with Crippen molar-refractivity contribution in [1.82, 2.24) is 9.55 Å². The van der Waals surface area contributed by atoms with E-state index in [1.165, 1.54) is 10.8 Å². The van der Waals surface area contributed by atoms with E-state index in [0.29, 0.717) is 15.1 Å². The molecule has 0 amide bonds. The van der Waals surface area contributed by atoms with Gasteiger partial charge in [-0.2, -0.15) is 0 Å². The highest BCUT2D eigenvalue weighted by Gasteiger charge is 2.63. The lowest BCUT2D eigenvalue weighted by molar-refractivity contribution is -0.204. The minimum absolute atomic E-state index is 0.0562. The maximum atomic E-state index is 12.7. The molecule has 1 unspecified atom stereocenters. The van der Waals surface area contributed by atoms with Crippen molar-refractivity contribution in [2.75, 3.05) is 27.4 Å². The van der Waals surface area contributed by atoms with Crippen molar-refractivity contribution in [2.24, 2.45) is 0 Å². The number of halogens is 1. The molecule has 2 N–H and O–H groups in total. The maximum Gasteiger partial charge on any atom is 0.330 e. The number of benzene rings is 3. The van der Waals surface area contributed by atoms with Crippen LogP contribution in [0.2, 0.25) is 0 Å². The summed E-state index contributed by atoms with van der Waals surface area (Å²) in [7, 11) is 3.22. The second-order valence-electron chi connectivity index (χ2n) is 10.2. The van der Waals surface area contributed by atoms with E-state index in [9.17, 15) is 14.7 Å². The molecule has 2 saturated heterocycles. The number of hydrogen-bond acceptors (Lipinski definition) is 8. The fourth-order valence-corrected chi connectivity index (χ4v) is 6.13. The summed E-state index contributed by atoms with van der Waals surface area (Å²) in [5, 5.41) is 11.4. The van der Waals surface area contributed by atoms with E-state index in [1.807, 2.05) is 101 Å². The predicted molar refractivity (Wildman–Crippen MR) is 161 cm³/mol. The number of nitrogens with zero attached hydrogens (tertiary/aromatic N) is 1. The Morgan fingerprint density at radius 2 is 1.52 bits per heavy atom. The Balaban J connectivity index is 1.44. The fraction of sp³-hybridized carbons (Fsp3) is 0.290. The Bertz CT molecular complexity index is 1630. The molecule has 2 fully saturated rings. The molecule has 42 heavy (non-hydrogen) atoms. The van der Waals surface area contributed by atoms with Crippen LogP contribution in [-0.4, -0.2) is 59.9 Å². The third-order valence-corrected chi connectivity index (χ3v) is 8.68. The first-order valence-corrected chi connectivity index (χ1v) is 14.4. The van der Waals surface area contributed by atoms with Crippen LogP contribution < -0.4 is 20.7 Å². The minimum Gasteiger partial charge on any atom is -0.497 e. The SMILES string of the molecule is COc1ccc(C(OC[C@]23CO[C@H](C2O)[C@H](n2cc(I)c(=O)[nH]c2=O)O3)(c2ccccc2)c2ccc(OC)cc2)cc1. The van der Waals surface area contributed by atoms with Gasteiger partial charge in [-0.3, -0.25) is 14.3 Å². The molecule has 2 aliphatic rings. The van der Waals surface area contributed by atoms with Crippen molar-refractivity contribution < 1.29 is 28.8 Å². The van der Waals surface area contributed by atoms with Crippen molar-refractivity contribution in [3.8, 4) is 11.5 Å². The Morgan fingerprint density at radius 3 is 2.10 bits per heavy atom. The second-order valence-corrected chi connectivity index (χ2v) is 11.4. The summed E-state index contributed by atoms with van der Waals surface area (Å²) in [5.74, 6) is 1.39. The first-order chi connectivity index (χ1) is 20.3. The lowest BCUT2D eigenvalue weighted by Gasteiger charge is -2.39. The zero-order chi connectivity index (χ0) is 29.5. The highest BCUT2D eigenvalue weighted by Crippen LogP contribution is 2.48. The number of nitrogens with one attached hydrogen (secondary N) is 1. The summed E-state index contributed by atoms with van der Waals surface area (Å²) in [4.78, 5) is 26.9. The van der Waals surface area contributed by atoms with Gasteiger partial charge in [-0.05, 0) is 63.5 Å². The van der Waals surface area contributed by atoms with Crippen LogP contribution in [0.4, 0.5) is 0 Å². The topological polar surface area (TPSA) is 121 Å². The van der Waals surface area contributed by atoms with E-state index < -0.39 is 40.9 Å². The Morgan fingerprint density at radius 1 is 0.952 bits per heavy atom. The molecule has 0 aliphatic carbocycles. The average Bonchev–Trinajstić information content (AvgIpc) is 3.49. The van der Waals surface area contributed by atoms with E-state index in [-0.39, 0.29) is 13.2 Å². The number of aliphatic hydroxyl groups excluding tert-OH is 1. The molecule has 4 atom stereocenters. The van der Waals surface area contributed by atoms with E-state index in [0.717, 1.165) is 16.7 Å². The van der Waals surface area contributed by atoms with Gasteiger partial charge in [-0.25, -0.2) is 4.79 Å². The number of hydrogen-bond donors (Lipinski definition) is 2. The standard InChI is InChI=1S/C31H29IN2O8/c1-38-22-12-8-20(9-13-22)31(19-6-4-3-5-7-19,21-10-14-23(39-2)15-11-21)41-18-30-17-40-25(26(30)35)28(42-30)34-16-24(32)27(36)33-29(34)37/h3-16,25-26,28,35H,17-18H2,1-2H3,(H,33,36,37)/t25-,26?,28-,30-/m1/s1. The average molecular weight is 684 g/mol. The third-order valence-electron chi connectivity index (χ3n) is 7.91. The van der Waals surface area contributed by atoms with Crippen LogP contribution in [0.25, 0.3) is 0 Å². The van der Waals surface area contributed by atoms with Crippen LogP contribution in [0, 0.1) is 3.57 Å². The van der Waals surface area contributed by atoms with Crippen molar-refractivity contribution in [1.29, 1.82) is 0 Å². The van der Waals surface area contributed by atoms with Crippen LogP contribution in [0.5, 0.6) is 11.5 Å². The number of H-pyrrole nitrogens is 1. The first-order valence-electron chi connectivity index (χ1n) is 13.3. The smallest absolute Gasteiger partial charge is 0.330 e. The molecule has 4 aromatic rings. The van der Waals surface area contributed by atoms with E-state index in [4.69, 9.17) is 23.7 Å². The Kier molecular flexibility index (Phi) is 7.70. The molecule has 0 saturated carbocycles. The van der Waals surface area contributed by atoms with Gasteiger partial charge in [0.05, 0.1) is 31.0 Å². The molecule has 1 aromatic heterocycles. The van der Waals surface area contributed by atoms with E-state index >= 15 is 0 Å². The van der Waals surface area contributed by atoms with Gasteiger partial charge in [-0.1, -0.05) is 54.6 Å². The first kappa shape index (κ1) is 28.6. The molecule has 10 nitrogen and oxygen atoms in total. The lowest BCUT2D eigenvalue weighted by Crippen LogP contribution is -2.48. The van der Waals surface area contributed by atoms with Crippen molar-refractivity contribution in [2.45, 2.75) is 29.6 Å². The molecular formula is C31H29IN2O8. The number of aromatic amines is 1. The Hall–Kier alpha value is -3.49. The zero-order valence-corrected chi connectivity index (χ0v) is 25.0. The van der Waals surface area contributed by atoms with Gasteiger partial charge in [0.15, 0.2) is 6.23 Å². The van der Waals surface area contributed by atoms with Gasteiger partial charge in [0.25, 0.3) is 5.56 Å². The highest BCUT2D eigenvalue weighted by molar-refractivity contribution is 14.1. The van der Waals surface area contributed by atoms with Gasteiger partial charge in [0.2, 0.25) is 0 Å². The number of aliphatic hydroxyl groups is 1. The number of methoxy groups -OCH3 is 2. The van der Waals surface area contributed by atoms with Crippen LogP contribution in [0.3, 0.4) is 0 Å². The van der Waals surface area contributed by atoms with Crippen molar-refractivity contribution >= 4 is 22.6 Å². The van der Waals surface area contributed by atoms with E-state index in [1.54, 1.807) is 14.2 Å². The van der Waals surface area contributed by atoms with Crippen molar-refractivity contribution in [3.63, 3.8) is 0 Å². The highest BCUT2D eigenvalue weighted by atomic mass is 127. The molecular weight excluding hydrogens is 655 g/mol. The summed E-state index contributed by atoms with van der Waals surface area (Å²) in [6.45, 7) is -0.0239. The summed E-state index contributed by atoms with van der Waals surface area (Å²) in [5.41, 5.74) is -1.08. The fourth-order valence-electron chi connectivity index (χ4n) is 5.69. The molecule has 11 heteroatoms. The maximum absolute atomic E-state index is 12.7. The van der Waals surface area contributed by atoms with Crippen molar-refractivity contribution in [3.05, 3.63) is 126 Å². The lowest BCUT2D eigenvalue weighted by atomic mass is 9.79. The van der Waals surface area contributed by atoms with E-state index in [2.05, 4.69) is 4.98 Å². The summed E-state index contributed by atoms with van der Waals surface area (Å²) < 4.78 is 31.7. The minimum atomic E-state index is -1.28. The quantitative estimate of drug-likeness (QED) is 0.204. The van der Waals surface area contributed by atoms with Gasteiger partial charge in [-0.15, -0.1) is 0 Å². The molecule has 0 radical (unpaired) electrons. The molecule has 3 heterocycles. The van der Waals surface area contributed by atoms with Crippen LogP contribution in [0.15, 0.2) is 94.6 Å². The summed E-state index contributed by atoms with van der Waals surface area (Å²) >= 11 is 1.84. The van der Waals surface area contributed by atoms with Crippen LogP contribution in [-0.2, 0) is 19.8 Å². The molecule has 0 spiro atoms. The molecule has 2 bridgehead atoms. The second kappa shape index (κ2) is 11.3. The number of fused-ring (bicyclic) bond motifs is 2. The normalized spacial score (nSPS) is 23.2. The molecule has 6 rings (SSSR count). The van der Waals surface area contributed by atoms with Gasteiger partial charge < -0.3 is 28.8 Å². The largest absolute Gasteiger partial charge is 0.497 e. The number of ether oxygens (including phenoxy) is 5. The monoisotopic (exact) mass is 684 g/mol. The predicted octanol–water partition coefficient (Wildman–Crippen LogP) is 3.19. The van der Waals surface area contributed by atoms with Gasteiger partial charge in [0.1, 0.15) is 34.9 Å². The Labute approximate surface area is 254 Å². The molecule has 2 aliphatic heterocycles. The third kappa shape index (κ3) is 4.74. The van der Waals surface area contributed by atoms with Gasteiger partial charge in [0, 0.05) is 6.20 Å². The molecule has 218 valence electrons.